The van der Waals surface area contributed by atoms with E-state index in [0.717, 1.165) is 12.4 Å². The number of likely N-dealkylation sites (tertiary alicyclic amines) is 1. The number of nitrogen functional groups attached to an aromatic ring is 1. The van der Waals surface area contributed by atoms with Crippen LogP contribution in [0.25, 0.3) is 0 Å². The maximum atomic E-state index is 5.94. The maximum Gasteiger partial charge on any atom is 0.142 e. The molecule has 3 N–H and O–H groups in total. The van der Waals surface area contributed by atoms with Crippen molar-refractivity contribution in [2.24, 2.45) is 0 Å². The van der Waals surface area contributed by atoms with Gasteiger partial charge in [0.05, 0.1) is 0 Å². The van der Waals surface area contributed by atoms with Gasteiger partial charge in [0.15, 0.2) is 0 Å². The predicted molar refractivity (Wildman–Crippen MR) is 72.6 cm³/mol. The number of hydrogen-bond donors (Lipinski definition) is 2. The summed E-state index contributed by atoms with van der Waals surface area (Å²) in [5.74, 6) is 1.43. The molecule has 17 heavy (non-hydrogen) atoms. The summed E-state index contributed by atoms with van der Waals surface area (Å²) in [6.45, 7) is 2.25. The Morgan fingerprint density at radius 1 is 1.47 bits per heavy atom. The molecule has 2 aliphatic rings. The number of nitrogens with two attached hydrogens (primary N) is 1. The van der Waals surface area contributed by atoms with E-state index >= 15 is 0 Å². The van der Waals surface area contributed by atoms with E-state index in [-0.39, 0.29) is 0 Å². The Kier molecular flexibility index (Phi) is 2.96. The van der Waals surface area contributed by atoms with E-state index in [9.17, 15) is 0 Å². The van der Waals surface area contributed by atoms with Crippen molar-refractivity contribution in [3.8, 4) is 0 Å². The standard InChI is InChI=1S/C12H20N4S/c1-16-6-2-3-9(16)7-14-12-10(8-4-5-8)11(13)15-17-12/h8-9,14H,2-7H2,1H3,(H2,13,15). The molecule has 3 rings (SSSR count). The molecule has 0 radical (unpaired) electrons. The Morgan fingerprint density at radius 2 is 2.29 bits per heavy atom. The number of nitrogens with one attached hydrogen (secondary N) is 1. The van der Waals surface area contributed by atoms with Crippen LogP contribution in [0.4, 0.5) is 10.8 Å². The summed E-state index contributed by atoms with van der Waals surface area (Å²) in [6, 6.07) is 0.672. The first-order chi connectivity index (χ1) is 8.25. The van der Waals surface area contributed by atoms with Gasteiger partial charge in [0.25, 0.3) is 0 Å². The van der Waals surface area contributed by atoms with Gasteiger partial charge in [-0.2, -0.15) is 4.37 Å². The topological polar surface area (TPSA) is 54.2 Å². The number of nitrogens with zero attached hydrogens (tertiary/aromatic N) is 2. The van der Waals surface area contributed by atoms with Crippen LogP contribution >= 0.6 is 11.5 Å². The SMILES string of the molecule is CN1CCCC1CNc1snc(N)c1C1CC1. The minimum Gasteiger partial charge on any atom is -0.383 e. The van der Waals surface area contributed by atoms with E-state index in [0.29, 0.717) is 12.0 Å². The first-order valence-corrected chi connectivity index (χ1v) is 7.22. The van der Waals surface area contributed by atoms with Crippen LogP contribution in [0.15, 0.2) is 0 Å². The Labute approximate surface area is 106 Å². The molecule has 1 unspecified atom stereocenters. The fourth-order valence-corrected chi connectivity index (χ4v) is 3.46. The molecule has 1 saturated heterocycles. The van der Waals surface area contributed by atoms with Crippen molar-refractivity contribution in [1.82, 2.24) is 9.27 Å². The highest BCUT2D eigenvalue weighted by molar-refractivity contribution is 7.10. The van der Waals surface area contributed by atoms with Crippen LogP contribution in [0.2, 0.25) is 0 Å². The van der Waals surface area contributed by atoms with Crippen LogP contribution in [-0.2, 0) is 0 Å². The highest BCUT2D eigenvalue weighted by Crippen LogP contribution is 2.47. The van der Waals surface area contributed by atoms with Gasteiger partial charge in [-0.1, -0.05) is 0 Å². The quantitative estimate of drug-likeness (QED) is 0.862. The van der Waals surface area contributed by atoms with Gasteiger partial charge in [-0.25, -0.2) is 0 Å². The summed E-state index contributed by atoms with van der Waals surface area (Å²) >= 11 is 1.52. The number of likely N-dealkylation sites (N-methyl/N-ethyl adjacent to an activating group) is 1. The van der Waals surface area contributed by atoms with Gasteiger partial charge >= 0.3 is 0 Å². The molecule has 94 valence electrons. The smallest absolute Gasteiger partial charge is 0.142 e. The number of anilines is 2. The summed E-state index contributed by atoms with van der Waals surface area (Å²) in [5.41, 5.74) is 7.23. The summed E-state index contributed by atoms with van der Waals surface area (Å²) < 4.78 is 4.29. The van der Waals surface area contributed by atoms with E-state index in [2.05, 4.69) is 21.6 Å². The van der Waals surface area contributed by atoms with E-state index in [4.69, 9.17) is 5.73 Å². The lowest BCUT2D eigenvalue weighted by Gasteiger charge is -2.20. The normalized spacial score (nSPS) is 25.4. The van der Waals surface area contributed by atoms with E-state index in [1.807, 2.05) is 0 Å². The fourth-order valence-electron chi connectivity index (χ4n) is 2.65. The summed E-state index contributed by atoms with van der Waals surface area (Å²) in [7, 11) is 2.21. The fraction of sp³-hybridized carbons (Fsp3) is 0.750. The van der Waals surface area contributed by atoms with Crippen molar-refractivity contribution in [2.45, 2.75) is 37.6 Å². The zero-order valence-electron chi connectivity index (χ0n) is 10.3. The van der Waals surface area contributed by atoms with Crippen molar-refractivity contribution in [2.75, 3.05) is 31.2 Å². The van der Waals surface area contributed by atoms with Crippen molar-refractivity contribution in [3.63, 3.8) is 0 Å². The number of hydrogen-bond acceptors (Lipinski definition) is 5. The second-order valence-corrected chi connectivity index (χ2v) is 6.02. The summed E-state index contributed by atoms with van der Waals surface area (Å²) in [6.07, 6.45) is 5.18. The van der Waals surface area contributed by atoms with Gasteiger partial charge in [0.1, 0.15) is 10.8 Å². The average molecular weight is 252 g/mol. The molecule has 2 fully saturated rings. The van der Waals surface area contributed by atoms with Crippen molar-refractivity contribution in [3.05, 3.63) is 5.56 Å². The minimum absolute atomic E-state index is 0.672. The number of rotatable bonds is 4. The van der Waals surface area contributed by atoms with Gasteiger partial charge in [-0.15, -0.1) is 0 Å². The summed E-state index contributed by atoms with van der Waals surface area (Å²) in [4.78, 5) is 2.44. The second-order valence-electron chi connectivity index (χ2n) is 5.24. The third-order valence-corrected chi connectivity index (χ3v) is 4.75. The van der Waals surface area contributed by atoms with Crippen LogP contribution < -0.4 is 11.1 Å². The zero-order chi connectivity index (χ0) is 11.8. The molecule has 1 aromatic heterocycles. The van der Waals surface area contributed by atoms with Crippen molar-refractivity contribution in [1.29, 1.82) is 0 Å². The molecule has 0 amide bonds. The zero-order valence-corrected chi connectivity index (χ0v) is 11.1. The van der Waals surface area contributed by atoms with E-state index in [1.165, 1.54) is 54.3 Å². The Balaban J connectivity index is 1.64. The molecular weight excluding hydrogens is 232 g/mol. The molecule has 2 heterocycles. The lowest BCUT2D eigenvalue weighted by Crippen LogP contribution is -2.31. The third kappa shape index (κ3) is 2.26. The molecule has 0 spiro atoms. The van der Waals surface area contributed by atoms with Gasteiger partial charge in [0, 0.05) is 18.2 Å². The van der Waals surface area contributed by atoms with Crippen molar-refractivity contribution >= 4 is 22.4 Å². The van der Waals surface area contributed by atoms with Crippen LogP contribution in [0.5, 0.6) is 0 Å². The van der Waals surface area contributed by atoms with Crippen LogP contribution in [0.1, 0.15) is 37.2 Å². The van der Waals surface area contributed by atoms with Crippen LogP contribution in [-0.4, -0.2) is 35.5 Å². The molecule has 5 heteroatoms. The molecule has 4 nitrogen and oxygen atoms in total. The largest absolute Gasteiger partial charge is 0.383 e. The Morgan fingerprint density at radius 3 is 2.94 bits per heavy atom. The lowest BCUT2D eigenvalue weighted by molar-refractivity contribution is 0.322. The maximum absolute atomic E-state index is 5.94. The first-order valence-electron chi connectivity index (χ1n) is 6.45. The molecule has 1 saturated carbocycles. The Bertz CT molecular complexity index is 399. The lowest BCUT2D eigenvalue weighted by atomic mass is 10.2. The molecule has 0 bridgehead atoms. The monoisotopic (exact) mass is 252 g/mol. The van der Waals surface area contributed by atoms with E-state index < -0.39 is 0 Å². The highest BCUT2D eigenvalue weighted by atomic mass is 32.1. The molecule has 1 atom stereocenters. The third-order valence-electron chi connectivity index (χ3n) is 3.91. The number of aromatic nitrogens is 1. The van der Waals surface area contributed by atoms with E-state index in [1.54, 1.807) is 0 Å². The predicted octanol–water partition coefficient (Wildman–Crippen LogP) is 2.11. The average Bonchev–Trinajstić information content (AvgIpc) is 2.96. The minimum atomic E-state index is 0.672. The van der Waals surface area contributed by atoms with Crippen molar-refractivity contribution < 1.29 is 0 Å². The molecule has 0 aromatic carbocycles. The second kappa shape index (κ2) is 4.46. The van der Waals surface area contributed by atoms with Crippen LogP contribution in [0.3, 0.4) is 0 Å². The molecule has 1 aliphatic carbocycles. The first kappa shape index (κ1) is 11.3. The molecular formula is C12H20N4S. The highest BCUT2D eigenvalue weighted by Gasteiger charge is 2.31. The van der Waals surface area contributed by atoms with Crippen LogP contribution in [0, 0.1) is 0 Å². The molecule has 1 aliphatic heterocycles. The summed E-state index contributed by atoms with van der Waals surface area (Å²) in [5, 5.41) is 4.78. The molecule has 1 aromatic rings. The van der Waals surface area contributed by atoms with Gasteiger partial charge in [-0.05, 0) is 56.7 Å². The van der Waals surface area contributed by atoms with Gasteiger partial charge < -0.3 is 16.0 Å². The van der Waals surface area contributed by atoms with Gasteiger partial charge in [-0.3, -0.25) is 0 Å². The Hall–Kier alpha value is -0.810. The van der Waals surface area contributed by atoms with Gasteiger partial charge in [0.2, 0.25) is 0 Å².